The van der Waals surface area contributed by atoms with Gasteiger partial charge in [0.1, 0.15) is 18.3 Å². The molecule has 0 aliphatic carbocycles. The first kappa shape index (κ1) is 27.2. The van der Waals surface area contributed by atoms with Gasteiger partial charge in [0.2, 0.25) is 21.8 Å². The molecule has 1 atom stereocenters. The molecule has 0 radical (unpaired) electrons. The molecule has 2 aromatic carbocycles. The SMILES string of the molecule is COc1ccc(CN(C(=O)CN(c2ccccc2C)S(C)(=O)=O)[C@@H](C)C(=O)NCC(C)C)cc1. The third-order valence-corrected chi connectivity index (χ3v) is 6.55. The van der Waals surface area contributed by atoms with Crippen LogP contribution in [0.2, 0.25) is 0 Å². The van der Waals surface area contributed by atoms with Gasteiger partial charge in [0, 0.05) is 13.1 Å². The van der Waals surface area contributed by atoms with Gasteiger partial charge in [0.15, 0.2) is 0 Å². The predicted octanol–water partition coefficient (Wildman–Crippen LogP) is 2.96. The molecule has 34 heavy (non-hydrogen) atoms. The van der Waals surface area contributed by atoms with Crippen LogP contribution in [0.25, 0.3) is 0 Å². The Morgan fingerprint density at radius 3 is 2.18 bits per heavy atom. The van der Waals surface area contributed by atoms with Crippen molar-refractivity contribution in [2.45, 2.75) is 40.3 Å². The average Bonchev–Trinajstić information content (AvgIpc) is 2.79. The van der Waals surface area contributed by atoms with Crippen LogP contribution in [0, 0.1) is 12.8 Å². The van der Waals surface area contributed by atoms with Crippen LogP contribution in [0.4, 0.5) is 5.69 Å². The first-order valence-corrected chi connectivity index (χ1v) is 13.0. The number of anilines is 1. The summed E-state index contributed by atoms with van der Waals surface area (Å²) in [7, 11) is -2.18. The van der Waals surface area contributed by atoms with Crippen molar-refractivity contribution in [3.05, 3.63) is 59.7 Å². The van der Waals surface area contributed by atoms with E-state index in [4.69, 9.17) is 4.74 Å². The van der Waals surface area contributed by atoms with E-state index in [2.05, 4.69) is 5.32 Å². The maximum Gasteiger partial charge on any atom is 0.244 e. The Morgan fingerprint density at radius 2 is 1.65 bits per heavy atom. The van der Waals surface area contributed by atoms with E-state index in [0.29, 0.717) is 18.0 Å². The summed E-state index contributed by atoms with van der Waals surface area (Å²) < 4.78 is 31.5. The van der Waals surface area contributed by atoms with Crippen LogP contribution in [-0.2, 0) is 26.2 Å². The zero-order valence-corrected chi connectivity index (χ0v) is 21.6. The highest BCUT2D eigenvalue weighted by atomic mass is 32.2. The van der Waals surface area contributed by atoms with Gasteiger partial charge in [0.25, 0.3) is 0 Å². The van der Waals surface area contributed by atoms with Gasteiger partial charge < -0.3 is 15.0 Å². The molecule has 1 N–H and O–H groups in total. The summed E-state index contributed by atoms with van der Waals surface area (Å²) in [5.41, 5.74) is 1.95. The molecule has 9 heteroatoms. The smallest absolute Gasteiger partial charge is 0.244 e. The molecule has 8 nitrogen and oxygen atoms in total. The minimum Gasteiger partial charge on any atom is -0.497 e. The second kappa shape index (κ2) is 11.9. The van der Waals surface area contributed by atoms with Gasteiger partial charge in [-0.3, -0.25) is 13.9 Å². The van der Waals surface area contributed by atoms with Gasteiger partial charge in [0.05, 0.1) is 19.1 Å². The fraction of sp³-hybridized carbons (Fsp3) is 0.440. The topological polar surface area (TPSA) is 96.0 Å². The van der Waals surface area contributed by atoms with Gasteiger partial charge >= 0.3 is 0 Å². The van der Waals surface area contributed by atoms with Gasteiger partial charge in [-0.1, -0.05) is 44.2 Å². The lowest BCUT2D eigenvalue weighted by Gasteiger charge is -2.32. The van der Waals surface area contributed by atoms with Gasteiger partial charge in [-0.25, -0.2) is 8.42 Å². The van der Waals surface area contributed by atoms with Crippen LogP contribution in [0.1, 0.15) is 31.9 Å². The maximum atomic E-state index is 13.5. The lowest BCUT2D eigenvalue weighted by atomic mass is 10.1. The summed E-state index contributed by atoms with van der Waals surface area (Å²) in [5, 5.41) is 2.86. The molecular weight excluding hydrogens is 454 g/mol. The summed E-state index contributed by atoms with van der Waals surface area (Å²) in [6.07, 6.45) is 1.07. The molecule has 0 fully saturated rings. The number of ether oxygens (including phenoxy) is 1. The second-order valence-corrected chi connectivity index (χ2v) is 10.6. The van der Waals surface area contributed by atoms with E-state index in [1.807, 2.05) is 26.0 Å². The van der Waals surface area contributed by atoms with Gasteiger partial charge in [-0.2, -0.15) is 0 Å². The first-order chi connectivity index (χ1) is 15.9. The molecule has 0 aliphatic rings. The summed E-state index contributed by atoms with van der Waals surface area (Å²) >= 11 is 0. The largest absolute Gasteiger partial charge is 0.497 e. The number of sulfonamides is 1. The van der Waals surface area contributed by atoms with E-state index in [9.17, 15) is 18.0 Å². The molecule has 2 rings (SSSR count). The van der Waals surface area contributed by atoms with Crippen LogP contribution in [-0.4, -0.2) is 57.6 Å². The number of methoxy groups -OCH3 is 1. The van der Waals surface area contributed by atoms with Crippen LogP contribution in [0.15, 0.2) is 48.5 Å². The molecule has 0 spiro atoms. The minimum absolute atomic E-state index is 0.143. The number of nitrogens with zero attached hydrogens (tertiary/aromatic N) is 2. The van der Waals surface area contributed by atoms with E-state index in [1.54, 1.807) is 57.4 Å². The fourth-order valence-corrected chi connectivity index (χ4v) is 4.31. The second-order valence-electron chi connectivity index (χ2n) is 8.74. The average molecular weight is 490 g/mol. The minimum atomic E-state index is -3.75. The molecule has 0 bridgehead atoms. The summed E-state index contributed by atoms with van der Waals surface area (Å²) in [5.74, 6) is 0.157. The summed E-state index contributed by atoms with van der Waals surface area (Å²) in [6, 6.07) is 13.4. The third-order valence-electron chi connectivity index (χ3n) is 5.43. The Balaban J connectivity index is 2.37. The highest BCUT2D eigenvalue weighted by Crippen LogP contribution is 2.23. The summed E-state index contributed by atoms with van der Waals surface area (Å²) in [6.45, 7) is 7.61. The molecule has 0 unspecified atom stereocenters. The number of carbonyl (C=O) groups is 2. The van der Waals surface area contributed by atoms with Crippen molar-refractivity contribution >= 4 is 27.5 Å². The first-order valence-electron chi connectivity index (χ1n) is 11.2. The van der Waals surface area contributed by atoms with Crippen LogP contribution in [0.3, 0.4) is 0 Å². The fourth-order valence-electron chi connectivity index (χ4n) is 3.40. The number of amides is 2. The van der Waals surface area contributed by atoms with E-state index in [0.717, 1.165) is 21.7 Å². The maximum absolute atomic E-state index is 13.5. The Kier molecular flexibility index (Phi) is 9.49. The van der Waals surface area contributed by atoms with Crippen molar-refractivity contribution in [1.82, 2.24) is 10.2 Å². The van der Waals surface area contributed by atoms with E-state index in [-0.39, 0.29) is 18.4 Å². The van der Waals surface area contributed by atoms with Crippen LogP contribution < -0.4 is 14.4 Å². The molecule has 0 heterocycles. The van der Waals surface area contributed by atoms with E-state index >= 15 is 0 Å². The highest BCUT2D eigenvalue weighted by molar-refractivity contribution is 7.92. The molecule has 0 saturated heterocycles. The quantitative estimate of drug-likeness (QED) is 0.524. The Labute approximate surface area is 202 Å². The zero-order valence-electron chi connectivity index (χ0n) is 20.7. The summed E-state index contributed by atoms with van der Waals surface area (Å²) in [4.78, 5) is 27.8. The third kappa shape index (κ3) is 7.48. The number of hydrogen-bond donors (Lipinski definition) is 1. The van der Waals surface area contributed by atoms with Crippen LogP contribution in [0.5, 0.6) is 5.75 Å². The highest BCUT2D eigenvalue weighted by Gasteiger charge is 2.30. The van der Waals surface area contributed by atoms with Crippen LogP contribution >= 0.6 is 0 Å². The normalized spacial score (nSPS) is 12.2. The lowest BCUT2D eigenvalue weighted by molar-refractivity contribution is -0.139. The molecule has 0 aromatic heterocycles. The van der Waals surface area contributed by atoms with E-state index < -0.39 is 28.5 Å². The lowest BCUT2D eigenvalue weighted by Crippen LogP contribution is -2.51. The standard InChI is InChI=1S/C25H35N3O5S/c1-18(2)15-26-25(30)20(4)27(16-21-11-13-22(33-5)14-12-21)24(29)17-28(34(6,31)32)23-10-8-7-9-19(23)3/h7-14,18,20H,15-17H2,1-6H3,(H,26,30)/t20-/m0/s1. The van der Waals surface area contributed by atoms with Gasteiger partial charge in [-0.15, -0.1) is 0 Å². The Hall–Kier alpha value is -3.07. The number of para-hydroxylation sites is 1. The number of carbonyl (C=O) groups excluding carboxylic acids is 2. The molecule has 2 aromatic rings. The zero-order chi connectivity index (χ0) is 25.5. The van der Waals surface area contributed by atoms with Crippen molar-refractivity contribution in [1.29, 1.82) is 0 Å². The van der Waals surface area contributed by atoms with Crippen molar-refractivity contribution in [3.63, 3.8) is 0 Å². The van der Waals surface area contributed by atoms with Gasteiger partial charge in [-0.05, 0) is 49.1 Å². The monoisotopic (exact) mass is 489 g/mol. The number of benzene rings is 2. The van der Waals surface area contributed by atoms with Crippen molar-refractivity contribution in [2.24, 2.45) is 5.92 Å². The van der Waals surface area contributed by atoms with E-state index in [1.165, 1.54) is 4.90 Å². The Bertz CT molecular complexity index is 1080. The molecule has 0 saturated carbocycles. The number of aryl methyl sites for hydroxylation is 1. The molecule has 0 aliphatic heterocycles. The van der Waals surface area contributed by atoms with Crippen molar-refractivity contribution in [3.8, 4) is 5.75 Å². The number of hydrogen-bond acceptors (Lipinski definition) is 5. The number of rotatable bonds is 11. The number of nitrogens with one attached hydrogen (secondary N) is 1. The molecular formula is C25H35N3O5S. The predicted molar refractivity (Wildman–Crippen MR) is 134 cm³/mol. The van der Waals surface area contributed by atoms with Crippen molar-refractivity contribution in [2.75, 3.05) is 30.8 Å². The Morgan fingerprint density at radius 1 is 1.03 bits per heavy atom. The molecule has 2 amide bonds. The molecule has 186 valence electrons. The van der Waals surface area contributed by atoms with Crippen molar-refractivity contribution < 1.29 is 22.7 Å².